The molecule has 1 aromatic heterocycles. The van der Waals surface area contributed by atoms with Crippen LogP contribution in [-0.4, -0.2) is 29.4 Å². The number of aromatic nitrogens is 2. The largest absolute Gasteiger partial charge is 0.384 e. The van der Waals surface area contributed by atoms with E-state index in [0.717, 1.165) is 31.4 Å². The Balaban J connectivity index is 2.06. The molecule has 1 aliphatic carbocycles. The van der Waals surface area contributed by atoms with Crippen LogP contribution in [-0.2, 0) is 16.6 Å². The van der Waals surface area contributed by atoms with Crippen molar-refractivity contribution in [1.29, 1.82) is 0 Å². The molecular formula is C14H23N3O2. The second-order valence-corrected chi connectivity index (χ2v) is 5.38. The van der Waals surface area contributed by atoms with E-state index in [2.05, 4.69) is 17.3 Å². The van der Waals surface area contributed by atoms with Crippen molar-refractivity contribution in [2.75, 3.05) is 13.7 Å². The van der Waals surface area contributed by atoms with Crippen LogP contribution in [0.3, 0.4) is 0 Å². The summed E-state index contributed by atoms with van der Waals surface area (Å²) in [6.07, 6.45) is 5.58. The maximum absolute atomic E-state index is 12.5. The van der Waals surface area contributed by atoms with E-state index in [9.17, 15) is 4.79 Å². The lowest BCUT2D eigenvalue weighted by atomic mass is 9.68. The Morgan fingerprint density at radius 1 is 1.63 bits per heavy atom. The highest BCUT2D eigenvalue weighted by Gasteiger charge is 2.44. The molecular weight excluding hydrogens is 242 g/mol. The van der Waals surface area contributed by atoms with Gasteiger partial charge in [-0.05, 0) is 25.3 Å². The molecule has 1 amide bonds. The molecule has 19 heavy (non-hydrogen) atoms. The highest BCUT2D eigenvalue weighted by Crippen LogP contribution is 2.41. The van der Waals surface area contributed by atoms with Gasteiger partial charge in [0.15, 0.2) is 0 Å². The van der Waals surface area contributed by atoms with Crippen molar-refractivity contribution in [2.24, 2.45) is 12.5 Å². The molecule has 0 radical (unpaired) electrons. The third kappa shape index (κ3) is 2.66. The van der Waals surface area contributed by atoms with Crippen LogP contribution in [0.25, 0.3) is 0 Å². The summed E-state index contributed by atoms with van der Waals surface area (Å²) < 4.78 is 7.04. The zero-order valence-electron chi connectivity index (χ0n) is 12.0. The summed E-state index contributed by atoms with van der Waals surface area (Å²) in [6, 6.07) is 1.98. The number of methoxy groups -OCH3 is 1. The molecule has 1 aliphatic rings. The number of hydrogen-bond acceptors (Lipinski definition) is 3. The third-order valence-electron chi connectivity index (χ3n) is 4.14. The van der Waals surface area contributed by atoms with Crippen LogP contribution >= 0.6 is 0 Å². The van der Waals surface area contributed by atoms with E-state index in [1.807, 2.05) is 17.8 Å². The molecule has 5 heteroatoms. The van der Waals surface area contributed by atoms with E-state index in [0.29, 0.717) is 6.61 Å². The Morgan fingerprint density at radius 2 is 2.37 bits per heavy atom. The van der Waals surface area contributed by atoms with Crippen LogP contribution in [0.4, 0.5) is 0 Å². The monoisotopic (exact) mass is 265 g/mol. The first kappa shape index (κ1) is 14.1. The van der Waals surface area contributed by atoms with Crippen LogP contribution in [0.1, 0.15) is 44.3 Å². The predicted molar refractivity (Wildman–Crippen MR) is 72.5 cm³/mol. The van der Waals surface area contributed by atoms with Gasteiger partial charge in [-0.3, -0.25) is 9.48 Å². The first-order valence-corrected chi connectivity index (χ1v) is 6.91. The molecule has 1 heterocycles. The highest BCUT2D eigenvalue weighted by molar-refractivity contribution is 5.84. The Labute approximate surface area is 114 Å². The van der Waals surface area contributed by atoms with Gasteiger partial charge in [0, 0.05) is 20.4 Å². The molecule has 106 valence electrons. The van der Waals surface area contributed by atoms with E-state index >= 15 is 0 Å². The first-order valence-electron chi connectivity index (χ1n) is 6.91. The van der Waals surface area contributed by atoms with E-state index in [4.69, 9.17) is 4.74 Å². The number of rotatable bonds is 6. The van der Waals surface area contributed by atoms with Gasteiger partial charge in [0.05, 0.1) is 23.8 Å². The normalized spacial score (nSPS) is 18.7. The Bertz CT molecular complexity index is 438. The maximum atomic E-state index is 12.5. The fourth-order valence-electron chi connectivity index (χ4n) is 2.74. The molecule has 5 nitrogen and oxygen atoms in total. The molecule has 0 aliphatic heterocycles. The summed E-state index contributed by atoms with van der Waals surface area (Å²) in [5.41, 5.74) is 0.739. The fraction of sp³-hybridized carbons (Fsp3) is 0.714. The summed E-state index contributed by atoms with van der Waals surface area (Å²) in [7, 11) is 3.56. The molecule has 2 rings (SSSR count). The number of carbonyl (C=O) groups is 1. The van der Waals surface area contributed by atoms with Crippen molar-refractivity contribution in [3.05, 3.63) is 18.0 Å². The third-order valence-corrected chi connectivity index (χ3v) is 4.14. The molecule has 0 saturated heterocycles. The van der Waals surface area contributed by atoms with E-state index in [-0.39, 0.29) is 17.4 Å². The minimum atomic E-state index is -0.305. The minimum absolute atomic E-state index is 0.0225. The first-order chi connectivity index (χ1) is 9.13. The molecule has 1 fully saturated rings. The standard InChI is InChI=1S/C14H23N3O2/c1-4-11(12-6-9-15-17(12)2)16-13(18)14(10-19-3)7-5-8-14/h6,9,11H,4-5,7-8,10H2,1-3H3,(H,16,18). The van der Waals surface area contributed by atoms with Gasteiger partial charge in [-0.2, -0.15) is 5.10 Å². The average Bonchev–Trinajstić information content (AvgIpc) is 2.76. The molecule has 0 aromatic carbocycles. The molecule has 1 saturated carbocycles. The van der Waals surface area contributed by atoms with Crippen molar-refractivity contribution < 1.29 is 9.53 Å². The Morgan fingerprint density at radius 3 is 2.79 bits per heavy atom. The number of nitrogens with one attached hydrogen (secondary N) is 1. The van der Waals surface area contributed by atoms with Gasteiger partial charge in [0.25, 0.3) is 0 Å². The minimum Gasteiger partial charge on any atom is -0.384 e. The number of hydrogen-bond donors (Lipinski definition) is 1. The fourth-order valence-corrected chi connectivity index (χ4v) is 2.74. The summed E-state index contributed by atoms with van der Waals surface area (Å²) in [6.45, 7) is 2.59. The molecule has 1 atom stereocenters. The Hall–Kier alpha value is -1.36. The van der Waals surface area contributed by atoms with Gasteiger partial charge in [0.1, 0.15) is 0 Å². The topological polar surface area (TPSA) is 56.1 Å². The van der Waals surface area contributed by atoms with E-state index in [1.165, 1.54) is 0 Å². The van der Waals surface area contributed by atoms with E-state index in [1.54, 1.807) is 13.3 Å². The van der Waals surface area contributed by atoms with Crippen LogP contribution in [0, 0.1) is 5.41 Å². The van der Waals surface area contributed by atoms with Gasteiger partial charge in [-0.15, -0.1) is 0 Å². The van der Waals surface area contributed by atoms with Crippen LogP contribution in [0.5, 0.6) is 0 Å². The lowest BCUT2D eigenvalue weighted by Crippen LogP contribution is -2.49. The highest BCUT2D eigenvalue weighted by atomic mass is 16.5. The van der Waals surface area contributed by atoms with Gasteiger partial charge in [-0.1, -0.05) is 13.3 Å². The van der Waals surface area contributed by atoms with Crippen molar-refractivity contribution in [1.82, 2.24) is 15.1 Å². The number of amides is 1. The SMILES string of the molecule is CCC(NC(=O)C1(COC)CCC1)c1ccnn1C. The summed E-state index contributed by atoms with van der Waals surface area (Å²) in [5, 5.41) is 7.32. The van der Waals surface area contributed by atoms with Gasteiger partial charge in [-0.25, -0.2) is 0 Å². The number of carbonyl (C=O) groups excluding carboxylic acids is 1. The molecule has 0 bridgehead atoms. The lowest BCUT2D eigenvalue weighted by Gasteiger charge is -2.40. The zero-order chi connectivity index (χ0) is 13.9. The van der Waals surface area contributed by atoms with Crippen LogP contribution < -0.4 is 5.32 Å². The van der Waals surface area contributed by atoms with Crippen molar-refractivity contribution in [3.63, 3.8) is 0 Å². The van der Waals surface area contributed by atoms with Crippen LogP contribution in [0.2, 0.25) is 0 Å². The van der Waals surface area contributed by atoms with Crippen LogP contribution in [0.15, 0.2) is 12.3 Å². The predicted octanol–water partition coefficient (Wildman–Crippen LogP) is 1.80. The van der Waals surface area contributed by atoms with E-state index < -0.39 is 0 Å². The summed E-state index contributed by atoms with van der Waals surface area (Å²) in [5.74, 6) is 0.119. The zero-order valence-corrected chi connectivity index (χ0v) is 12.0. The summed E-state index contributed by atoms with van der Waals surface area (Å²) >= 11 is 0. The number of nitrogens with zero attached hydrogens (tertiary/aromatic N) is 2. The number of aryl methyl sites for hydroxylation is 1. The lowest BCUT2D eigenvalue weighted by molar-refractivity contribution is -0.141. The maximum Gasteiger partial charge on any atom is 0.229 e. The van der Waals surface area contributed by atoms with Gasteiger partial charge in [0.2, 0.25) is 5.91 Å². The second kappa shape index (κ2) is 5.74. The summed E-state index contributed by atoms with van der Waals surface area (Å²) in [4.78, 5) is 12.5. The van der Waals surface area contributed by atoms with Gasteiger partial charge < -0.3 is 10.1 Å². The molecule has 1 unspecified atom stereocenters. The molecule has 1 aromatic rings. The Kier molecular flexibility index (Phi) is 4.24. The quantitative estimate of drug-likeness (QED) is 0.853. The average molecular weight is 265 g/mol. The van der Waals surface area contributed by atoms with Gasteiger partial charge >= 0.3 is 0 Å². The second-order valence-electron chi connectivity index (χ2n) is 5.38. The molecule has 0 spiro atoms. The van der Waals surface area contributed by atoms with Crippen molar-refractivity contribution in [3.8, 4) is 0 Å². The van der Waals surface area contributed by atoms with Crippen molar-refractivity contribution >= 4 is 5.91 Å². The smallest absolute Gasteiger partial charge is 0.229 e. The number of ether oxygens (including phenoxy) is 1. The molecule has 1 N–H and O–H groups in total. The van der Waals surface area contributed by atoms with Crippen molar-refractivity contribution in [2.45, 2.75) is 38.6 Å².